The summed E-state index contributed by atoms with van der Waals surface area (Å²) in [6.07, 6.45) is -2.91. The van der Waals surface area contributed by atoms with Crippen molar-refractivity contribution in [1.29, 1.82) is 0 Å². The van der Waals surface area contributed by atoms with Crippen molar-refractivity contribution in [2.24, 2.45) is 0 Å². The minimum absolute atomic E-state index is 0.0477. The molecule has 6 nitrogen and oxygen atoms in total. The Labute approximate surface area is 185 Å². The van der Waals surface area contributed by atoms with Gasteiger partial charge < -0.3 is 15.4 Å². The highest BCUT2D eigenvalue weighted by Crippen LogP contribution is 2.31. The van der Waals surface area contributed by atoms with Gasteiger partial charge in [0.25, 0.3) is 0 Å². The molecule has 10 heteroatoms. The molecule has 168 valence electrons. The summed E-state index contributed by atoms with van der Waals surface area (Å²) in [6, 6.07) is 11.9. The number of aryl methyl sites for hydroxylation is 1. The van der Waals surface area contributed by atoms with Crippen LogP contribution in [0.1, 0.15) is 11.3 Å². The van der Waals surface area contributed by atoms with Crippen molar-refractivity contribution in [2.75, 3.05) is 10.6 Å². The normalized spacial score (nSPS) is 11.3. The molecular formula is C23H16F4N4O2. The van der Waals surface area contributed by atoms with Crippen LogP contribution >= 0.6 is 0 Å². The first-order chi connectivity index (χ1) is 15.7. The lowest BCUT2D eigenvalue weighted by molar-refractivity contribution is -0.137. The van der Waals surface area contributed by atoms with E-state index in [1.54, 1.807) is 31.3 Å². The molecule has 0 atom stereocenters. The summed E-state index contributed by atoms with van der Waals surface area (Å²) < 4.78 is 58.4. The Bertz CT molecular complexity index is 1340. The Morgan fingerprint density at radius 3 is 2.45 bits per heavy atom. The maximum Gasteiger partial charge on any atom is 0.416 e. The summed E-state index contributed by atoms with van der Waals surface area (Å²) in [7, 11) is 0. The van der Waals surface area contributed by atoms with Crippen LogP contribution in [0.5, 0.6) is 11.5 Å². The number of amides is 2. The summed E-state index contributed by atoms with van der Waals surface area (Å²) >= 11 is 0. The molecule has 0 bridgehead atoms. The first kappa shape index (κ1) is 22.0. The van der Waals surface area contributed by atoms with Gasteiger partial charge in [-0.15, -0.1) is 0 Å². The molecule has 2 amide bonds. The summed E-state index contributed by atoms with van der Waals surface area (Å²) in [5.41, 5.74) is 1.16. The molecular weight excluding hydrogens is 440 g/mol. The SMILES string of the molecule is Cc1cnc2ccc(Oc3cc(NC(=O)Nc4cccc(C(F)(F)F)c4)ccc3F)cc2n1. The molecule has 0 saturated heterocycles. The Kier molecular flexibility index (Phi) is 5.82. The second-order valence-corrected chi connectivity index (χ2v) is 7.07. The van der Waals surface area contributed by atoms with Crippen LogP contribution in [-0.4, -0.2) is 16.0 Å². The van der Waals surface area contributed by atoms with Crippen molar-refractivity contribution < 1.29 is 27.1 Å². The van der Waals surface area contributed by atoms with Gasteiger partial charge >= 0.3 is 12.2 Å². The monoisotopic (exact) mass is 456 g/mol. The number of fused-ring (bicyclic) bond motifs is 1. The van der Waals surface area contributed by atoms with Crippen LogP contribution in [0.3, 0.4) is 0 Å². The molecule has 0 radical (unpaired) electrons. The fraction of sp³-hybridized carbons (Fsp3) is 0.0870. The van der Waals surface area contributed by atoms with E-state index in [1.807, 2.05) is 0 Å². The van der Waals surface area contributed by atoms with Gasteiger partial charge in [0, 0.05) is 29.7 Å². The third-order valence-electron chi connectivity index (χ3n) is 4.50. The van der Waals surface area contributed by atoms with Crippen LogP contribution < -0.4 is 15.4 Å². The lowest BCUT2D eigenvalue weighted by atomic mass is 10.2. The zero-order valence-corrected chi connectivity index (χ0v) is 17.1. The molecule has 3 aromatic carbocycles. The number of anilines is 2. The predicted molar refractivity (Wildman–Crippen MR) is 115 cm³/mol. The summed E-state index contributed by atoms with van der Waals surface area (Å²) in [4.78, 5) is 20.8. The van der Waals surface area contributed by atoms with Gasteiger partial charge in [0.15, 0.2) is 11.6 Å². The van der Waals surface area contributed by atoms with Crippen molar-refractivity contribution >= 4 is 28.4 Å². The van der Waals surface area contributed by atoms with Gasteiger partial charge in [-0.2, -0.15) is 13.2 Å². The number of urea groups is 1. The molecule has 0 aliphatic heterocycles. The number of nitrogens with one attached hydrogen (secondary N) is 2. The molecule has 2 N–H and O–H groups in total. The van der Waals surface area contributed by atoms with Gasteiger partial charge in [0.05, 0.1) is 22.3 Å². The Balaban J connectivity index is 1.49. The molecule has 1 aromatic heterocycles. The smallest absolute Gasteiger partial charge is 0.416 e. The van der Waals surface area contributed by atoms with E-state index < -0.39 is 23.6 Å². The van der Waals surface area contributed by atoms with E-state index in [2.05, 4.69) is 20.6 Å². The van der Waals surface area contributed by atoms with Gasteiger partial charge in [-0.3, -0.25) is 4.98 Å². The third kappa shape index (κ3) is 5.35. The number of aromatic nitrogens is 2. The minimum Gasteiger partial charge on any atom is -0.454 e. The minimum atomic E-state index is -4.54. The van der Waals surface area contributed by atoms with E-state index in [-0.39, 0.29) is 17.1 Å². The molecule has 0 saturated carbocycles. The number of benzene rings is 3. The van der Waals surface area contributed by atoms with Crippen molar-refractivity contribution in [1.82, 2.24) is 9.97 Å². The number of alkyl halides is 3. The Morgan fingerprint density at radius 2 is 1.70 bits per heavy atom. The van der Waals surface area contributed by atoms with Gasteiger partial charge in [-0.1, -0.05) is 6.07 Å². The lowest BCUT2D eigenvalue weighted by Crippen LogP contribution is -2.19. The van der Waals surface area contributed by atoms with E-state index in [0.29, 0.717) is 22.5 Å². The van der Waals surface area contributed by atoms with Crippen molar-refractivity contribution in [2.45, 2.75) is 13.1 Å². The number of halogens is 4. The van der Waals surface area contributed by atoms with Crippen molar-refractivity contribution in [3.63, 3.8) is 0 Å². The average molecular weight is 456 g/mol. The number of hydrogen-bond acceptors (Lipinski definition) is 4. The highest BCUT2D eigenvalue weighted by Gasteiger charge is 2.30. The summed E-state index contributed by atoms with van der Waals surface area (Å²) in [6.45, 7) is 1.79. The Morgan fingerprint density at radius 1 is 0.939 bits per heavy atom. The number of rotatable bonds is 4. The second-order valence-electron chi connectivity index (χ2n) is 7.07. The zero-order valence-electron chi connectivity index (χ0n) is 17.1. The maximum atomic E-state index is 14.3. The molecule has 1 heterocycles. The molecule has 4 aromatic rings. The topological polar surface area (TPSA) is 76.1 Å². The largest absolute Gasteiger partial charge is 0.454 e. The van der Waals surface area contributed by atoms with Gasteiger partial charge in [-0.25, -0.2) is 14.2 Å². The molecule has 0 spiro atoms. The van der Waals surface area contributed by atoms with Crippen LogP contribution in [0.15, 0.2) is 66.9 Å². The fourth-order valence-corrected chi connectivity index (χ4v) is 3.00. The van der Waals surface area contributed by atoms with Gasteiger partial charge in [0.1, 0.15) is 5.75 Å². The standard InChI is InChI=1S/C23H16F4N4O2/c1-13-12-28-19-8-6-17(11-20(19)29-13)33-21-10-16(5-7-18(21)24)31-22(32)30-15-4-2-3-14(9-15)23(25,26)27/h2-12H,1H3,(H2,30,31,32). The number of nitrogens with zero attached hydrogens (tertiary/aromatic N) is 2. The van der Waals surface area contributed by atoms with Crippen LogP contribution in [0.2, 0.25) is 0 Å². The van der Waals surface area contributed by atoms with Crippen molar-refractivity contribution in [3.8, 4) is 11.5 Å². The number of carbonyl (C=O) groups excluding carboxylic acids is 1. The Hall–Kier alpha value is -4.21. The van der Waals surface area contributed by atoms with E-state index in [9.17, 15) is 22.4 Å². The number of ether oxygens (including phenoxy) is 1. The first-order valence-electron chi connectivity index (χ1n) is 9.63. The van der Waals surface area contributed by atoms with Crippen LogP contribution in [0, 0.1) is 12.7 Å². The number of carbonyl (C=O) groups is 1. The van der Waals surface area contributed by atoms with E-state index in [0.717, 1.165) is 18.2 Å². The van der Waals surface area contributed by atoms with E-state index in [4.69, 9.17) is 4.74 Å². The number of hydrogen-bond donors (Lipinski definition) is 2. The van der Waals surface area contributed by atoms with Gasteiger partial charge in [0.2, 0.25) is 0 Å². The predicted octanol–water partition coefficient (Wildman–Crippen LogP) is 6.53. The highest BCUT2D eigenvalue weighted by atomic mass is 19.4. The van der Waals surface area contributed by atoms with E-state index in [1.165, 1.54) is 24.3 Å². The molecule has 0 aliphatic rings. The van der Waals surface area contributed by atoms with E-state index >= 15 is 0 Å². The molecule has 0 fully saturated rings. The maximum absolute atomic E-state index is 14.3. The zero-order chi connectivity index (χ0) is 23.6. The second kappa shape index (κ2) is 8.73. The average Bonchev–Trinajstić information content (AvgIpc) is 2.75. The molecule has 4 rings (SSSR count). The molecule has 33 heavy (non-hydrogen) atoms. The van der Waals surface area contributed by atoms with Gasteiger partial charge in [-0.05, 0) is 49.4 Å². The molecule has 0 unspecified atom stereocenters. The molecule has 0 aliphatic carbocycles. The highest BCUT2D eigenvalue weighted by molar-refractivity contribution is 5.99. The van der Waals surface area contributed by atoms with Crippen LogP contribution in [0.4, 0.5) is 33.7 Å². The fourth-order valence-electron chi connectivity index (χ4n) is 3.00. The summed E-state index contributed by atoms with van der Waals surface area (Å²) in [5.74, 6) is -0.520. The summed E-state index contributed by atoms with van der Waals surface area (Å²) in [5, 5.41) is 4.75. The quantitative estimate of drug-likeness (QED) is 0.342. The lowest BCUT2D eigenvalue weighted by Gasteiger charge is -2.12. The first-order valence-corrected chi connectivity index (χ1v) is 9.63. The van der Waals surface area contributed by atoms with Crippen LogP contribution in [0.25, 0.3) is 11.0 Å². The third-order valence-corrected chi connectivity index (χ3v) is 4.50. The van der Waals surface area contributed by atoms with Crippen LogP contribution in [-0.2, 0) is 6.18 Å². The van der Waals surface area contributed by atoms with Crippen molar-refractivity contribution in [3.05, 3.63) is 83.9 Å².